The number of nitrogens with two attached hydrogens (primary N) is 1. The molecule has 0 aromatic heterocycles. The maximum atomic E-state index is 10.5. The van der Waals surface area contributed by atoms with Gasteiger partial charge in [-0.1, -0.05) is 0 Å². The van der Waals surface area contributed by atoms with E-state index in [0.717, 1.165) is 0 Å². The molecule has 1 aliphatic heterocycles. The van der Waals surface area contributed by atoms with Gasteiger partial charge in [0, 0.05) is 0 Å². The second-order valence-corrected chi connectivity index (χ2v) is 2.59. The van der Waals surface area contributed by atoms with Crippen molar-refractivity contribution in [2.75, 3.05) is 0 Å². The topological polar surface area (TPSA) is 72.2 Å². The van der Waals surface area contributed by atoms with Gasteiger partial charge in [0.1, 0.15) is 9.28 Å². The Kier molecular flexibility index (Phi) is 1.43. The van der Waals surface area contributed by atoms with Crippen LogP contribution in [0.15, 0.2) is 9.28 Å². The van der Waals surface area contributed by atoms with E-state index >= 15 is 0 Å². The molecule has 0 radical (unpaired) electrons. The van der Waals surface area contributed by atoms with Crippen LogP contribution in [0.2, 0.25) is 0 Å². The molecule has 0 unspecified atom stereocenters. The third-order valence-corrected chi connectivity index (χ3v) is 1.98. The Morgan fingerprint density at radius 2 is 1.89 bits per heavy atom. The summed E-state index contributed by atoms with van der Waals surface area (Å²) in [6.07, 6.45) is 0. The molecular formula is C4H3IN2O2. The standard InChI is InChI=1S/C4H3IN2O2/c5-1-2(6)4(9)7-3(1)8/h(H3,6,7,8,9). The van der Waals surface area contributed by atoms with Crippen molar-refractivity contribution < 1.29 is 9.59 Å². The number of carbonyl (C=O) groups is 2. The summed E-state index contributed by atoms with van der Waals surface area (Å²) in [6, 6.07) is 0. The summed E-state index contributed by atoms with van der Waals surface area (Å²) in [4.78, 5) is 21.0. The van der Waals surface area contributed by atoms with Crippen LogP contribution in [0.25, 0.3) is 0 Å². The van der Waals surface area contributed by atoms with Gasteiger partial charge in [-0.25, -0.2) is 0 Å². The minimum absolute atomic E-state index is 0.0144. The molecule has 1 rings (SSSR count). The Balaban J connectivity index is 3.06. The third kappa shape index (κ3) is 0.913. The summed E-state index contributed by atoms with van der Waals surface area (Å²) in [6.45, 7) is 0. The summed E-state index contributed by atoms with van der Waals surface area (Å²) < 4.78 is 0.276. The van der Waals surface area contributed by atoms with Crippen molar-refractivity contribution in [1.82, 2.24) is 5.32 Å². The maximum Gasteiger partial charge on any atom is 0.275 e. The Bertz CT molecular complexity index is 199. The lowest BCUT2D eigenvalue weighted by Crippen LogP contribution is -2.24. The van der Waals surface area contributed by atoms with Gasteiger partial charge < -0.3 is 5.73 Å². The molecule has 48 valence electrons. The Morgan fingerprint density at radius 1 is 1.33 bits per heavy atom. The summed E-state index contributed by atoms with van der Waals surface area (Å²) in [7, 11) is 0. The summed E-state index contributed by atoms with van der Waals surface area (Å²) in [5.41, 5.74) is 5.17. The molecule has 0 aromatic rings. The molecular weight excluding hydrogens is 235 g/mol. The van der Waals surface area contributed by atoms with Crippen molar-refractivity contribution in [1.29, 1.82) is 0 Å². The Morgan fingerprint density at radius 3 is 2.00 bits per heavy atom. The third-order valence-electron chi connectivity index (χ3n) is 0.908. The van der Waals surface area contributed by atoms with Crippen LogP contribution in [0.1, 0.15) is 0 Å². The largest absolute Gasteiger partial charge is 0.393 e. The first-order valence-electron chi connectivity index (χ1n) is 2.14. The fourth-order valence-electron chi connectivity index (χ4n) is 0.447. The van der Waals surface area contributed by atoms with Crippen LogP contribution in [-0.2, 0) is 9.59 Å². The quantitative estimate of drug-likeness (QED) is 0.430. The first kappa shape index (κ1) is 6.53. The normalized spacial score (nSPS) is 18.8. The minimum atomic E-state index is -0.496. The zero-order valence-corrected chi connectivity index (χ0v) is 6.43. The van der Waals surface area contributed by atoms with Gasteiger partial charge in [0.2, 0.25) is 0 Å². The predicted octanol–water partition coefficient (Wildman–Crippen LogP) is -0.752. The van der Waals surface area contributed by atoms with E-state index < -0.39 is 11.8 Å². The SMILES string of the molecule is NC1=C(I)C(=O)NC1=O. The molecule has 4 nitrogen and oxygen atoms in total. The van der Waals surface area contributed by atoms with Gasteiger partial charge in [-0.3, -0.25) is 14.9 Å². The highest BCUT2D eigenvalue weighted by molar-refractivity contribution is 14.1. The molecule has 3 N–H and O–H groups in total. The Labute approximate surface area is 64.6 Å². The number of rotatable bonds is 0. The monoisotopic (exact) mass is 238 g/mol. The van der Waals surface area contributed by atoms with E-state index in [0.29, 0.717) is 0 Å². The van der Waals surface area contributed by atoms with E-state index in [-0.39, 0.29) is 9.28 Å². The van der Waals surface area contributed by atoms with E-state index in [2.05, 4.69) is 0 Å². The smallest absolute Gasteiger partial charge is 0.275 e. The van der Waals surface area contributed by atoms with Crippen LogP contribution in [-0.4, -0.2) is 11.8 Å². The molecule has 0 aromatic carbocycles. The number of halogens is 1. The average molecular weight is 238 g/mol. The van der Waals surface area contributed by atoms with Crippen molar-refractivity contribution >= 4 is 34.4 Å². The van der Waals surface area contributed by atoms with Crippen LogP contribution >= 0.6 is 22.6 Å². The molecule has 0 aliphatic carbocycles. The molecule has 1 heterocycles. The Hall–Kier alpha value is -0.590. The van der Waals surface area contributed by atoms with Gasteiger partial charge in [-0.05, 0) is 22.6 Å². The summed E-state index contributed by atoms with van der Waals surface area (Å²) >= 11 is 1.72. The van der Waals surface area contributed by atoms with E-state index in [1.807, 2.05) is 5.32 Å². The lowest BCUT2D eigenvalue weighted by atomic mass is 10.5. The molecule has 0 atom stereocenters. The van der Waals surface area contributed by atoms with Crippen molar-refractivity contribution in [2.45, 2.75) is 0 Å². The second-order valence-electron chi connectivity index (χ2n) is 1.51. The zero-order valence-electron chi connectivity index (χ0n) is 4.27. The molecule has 9 heavy (non-hydrogen) atoms. The number of hydrogen-bond donors (Lipinski definition) is 2. The molecule has 2 amide bonds. The first-order chi connectivity index (χ1) is 4.13. The molecule has 0 saturated carbocycles. The van der Waals surface area contributed by atoms with Crippen molar-refractivity contribution in [3.8, 4) is 0 Å². The summed E-state index contributed by atoms with van der Waals surface area (Å²) in [5.74, 6) is -0.900. The first-order valence-corrected chi connectivity index (χ1v) is 3.21. The van der Waals surface area contributed by atoms with Crippen LogP contribution in [0.5, 0.6) is 0 Å². The second kappa shape index (κ2) is 1.98. The molecule has 0 bridgehead atoms. The van der Waals surface area contributed by atoms with Crippen LogP contribution in [0.3, 0.4) is 0 Å². The predicted molar refractivity (Wildman–Crippen MR) is 38.4 cm³/mol. The average Bonchev–Trinajstić information content (AvgIpc) is 1.98. The lowest BCUT2D eigenvalue weighted by Gasteiger charge is -1.84. The van der Waals surface area contributed by atoms with Gasteiger partial charge in [0.25, 0.3) is 11.8 Å². The van der Waals surface area contributed by atoms with Crippen molar-refractivity contribution in [3.05, 3.63) is 9.28 Å². The summed E-state index contributed by atoms with van der Waals surface area (Å²) in [5, 5.41) is 2.03. The van der Waals surface area contributed by atoms with E-state index in [1.165, 1.54) is 0 Å². The highest BCUT2D eigenvalue weighted by atomic mass is 127. The fraction of sp³-hybridized carbons (Fsp3) is 0. The van der Waals surface area contributed by atoms with E-state index in [9.17, 15) is 9.59 Å². The van der Waals surface area contributed by atoms with E-state index in [4.69, 9.17) is 5.73 Å². The number of imide groups is 1. The van der Waals surface area contributed by atoms with Crippen LogP contribution in [0, 0.1) is 0 Å². The van der Waals surface area contributed by atoms with Gasteiger partial charge in [-0.2, -0.15) is 0 Å². The van der Waals surface area contributed by atoms with Gasteiger partial charge in [0.15, 0.2) is 0 Å². The number of amides is 2. The molecule has 0 saturated heterocycles. The highest BCUT2D eigenvalue weighted by Gasteiger charge is 2.25. The number of nitrogens with one attached hydrogen (secondary N) is 1. The number of carbonyl (C=O) groups excluding carboxylic acids is 2. The number of hydrogen-bond acceptors (Lipinski definition) is 3. The van der Waals surface area contributed by atoms with E-state index in [1.54, 1.807) is 22.6 Å². The molecule has 0 fully saturated rings. The van der Waals surface area contributed by atoms with Crippen molar-refractivity contribution in [3.63, 3.8) is 0 Å². The van der Waals surface area contributed by atoms with Crippen LogP contribution < -0.4 is 11.1 Å². The molecule has 5 heteroatoms. The zero-order chi connectivity index (χ0) is 7.02. The van der Waals surface area contributed by atoms with Crippen molar-refractivity contribution in [2.24, 2.45) is 5.73 Å². The van der Waals surface area contributed by atoms with Crippen LogP contribution in [0.4, 0.5) is 0 Å². The van der Waals surface area contributed by atoms with Gasteiger partial charge >= 0.3 is 0 Å². The minimum Gasteiger partial charge on any atom is -0.393 e. The molecule has 1 aliphatic rings. The highest BCUT2D eigenvalue weighted by Crippen LogP contribution is 2.13. The molecule has 0 spiro atoms. The van der Waals surface area contributed by atoms with Gasteiger partial charge in [-0.15, -0.1) is 0 Å². The lowest BCUT2D eigenvalue weighted by molar-refractivity contribution is -0.123. The fourth-order valence-corrected chi connectivity index (χ4v) is 0.827. The van der Waals surface area contributed by atoms with Gasteiger partial charge in [0.05, 0.1) is 0 Å². The maximum absolute atomic E-state index is 10.5.